The number of para-hydroxylation sites is 1. The maximum atomic E-state index is 13.3. The van der Waals surface area contributed by atoms with Crippen molar-refractivity contribution in [1.82, 2.24) is 4.98 Å². The van der Waals surface area contributed by atoms with Crippen LogP contribution in [0.15, 0.2) is 24.3 Å². The van der Waals surface area contributed by atoms with E-state index in [9.17, 15) is 14.0 Å². The SMILES string of the molecule is CC(=O)c1c(C)[nH]c(C(=O)OCCOc2ccccc2F)c1C. The summed E-state index contributed by atoms with van der Waals surface area (Å²) in [5, 5.41) is 0. The van der Waals surface area contributed by atoms with Gasteiger partial charge in [0.15, 0.2) is 17.3 Å². The topological polar surface area (TPSA) is 68.4 Å². The van der Waals surface area contributed by atoms with E-state index in [1.165, 1.54) is 19.1 Å². The number of aromatic nitrogens is 1. The van der Waals surface area contributed by atoms with E-state index in [1.807, 2.05) is 0 Å². The van der Waals surface area contributed by atoms with Crippen molar-refractivity contribution in [3.8, 4) is 5.75 Å². The van der Waals surface area contributed by atoms with Crippen molar-refractivity contribution in [1.29, 1.82) is 0 Å². The minimum absolute atomic E-state index is 0.0277. The van der Waals surface area contributed by atoms with Crippen molar-refractivity contribution in [3.05, 3.63) is 52.6 Å². The third-order valence-electron chi connectivity index (χ3n) is 3.40. The second-order valence-electron chi connectivity index (χ2n) is 5.10. The van der Waals surface area contributed by atoms with Crippen LogP contribution in [0, 0.1) is 19.7 Å². The minimum atomic E-state index is -0.574. The number of H-pyrrole nitrogens is 1. The summed E-state index contributed by atoms with van der Waals surface area (Å²) in [6.45, 7) is 4.86. The van der Waals surface area contributed by atoms with E-state index in [0.29, 0.717) is 16.8 Å². The predicted molar refractivity (Wildman–Crippen MR) is 82.4 cm³/mol. The number of benzene rings is 1. The summed E-state index contributed by atoms with van der Waals surface area (Å²) in [7, 11) is 0. The van der Waals surface area contributed by atoms with Crippen LogP contribution >= 0.6 is 0 Å². The van der Waals surface area contributed by atoms with Crippen LogP contribution in [0.4, 0.5) is 4.39 Å². The van der Waals surface area contributed by atoms with Gasteiger partial charge in [-0.05, 0) is 38.5 Å². The normalized spacial score (nSPS) is 10.4. The van der Waals surface area contributed by atoms with Crippen LogP contribution in [0.5, 0.6) is 5.75 Å². The third-order valence-corrected chi connectivity index (χ3v) is 3.40. The molecule has 0 aliphatic rings. The second kappa shape index (κ2) is 7.09. The number of nitrogens with one attached hydrogen (secondary N) is 1. The molecule has 122 valence electrons. The van der Waals surface area contributed by atoms with Crippen molar-refractivity contribution in [2.75, 3.05) is 13.2 Å². The Labute approximate surface area is 133 Å². The van der Waals surface area contributed by atoms with Gasteiger partial charge in [-0.3, -0.25) is 4.79 Å². The Bertz CT molecular complexity index is 736. The molecule has 0 unspecified atom stereocenters. The van der Waals surface area contributed by atoms with E-state index in [4.69, 9.17) is 9.47 Å². The van der Waals surface area contributed by atoms with Gasteiger partial charge >= 0.3 is 5.97 Å². The summed E-state index contributed by atoms with van der Waals surface area (Å²) in [6, 6.07) is 5.99. The number of ketones is 1. The Morgan fingerprint density at radius 1 is 1.17 bits per heavy atom. The number of hydrogen-bond donors (Lipinski definition) is 1. The van der Waals surface area contributed by atoms with Crippen molar-refractivity contribution >= 4 is 11.8 Å². The number of hydrogen-bond acceptors (Lipinski definition) is 4. The van der Waals surface area contributed by atoms with Gasteiger partial charge in [-0.2, -0.15) is 0 Å². The highest BCUT2D eigenvalue weighted by atomic mass is 19.1. The molecule has 0 fully saturated rings. The molecule has 5 nitrogen and oxygen atoms in total. The Morgan fingerprint density at radius 3 is 2.48 bits per heavy atom. The average Bonchev–Trinajstić information content (AvgIpc) is 2.80. The monoisotopic (exact) mass is 319 g/mol. The molecule has 0 radical (unpaired) electrons. The molecule has 0 saturated heterocycles. The van der Waals surface area contributed by atoms with Gasteiger partial charge in [0.05, 0.1) is 0 Å². The predicted octanol–water partition coefficient (Wildman–Crippen LogP) is 3.21. The zero-order valence-electron chi connectivity index (χ0n) is 13.2. The molecule has 2 aromatic rings. The second-order valence-corrected chi connectivity index (χ2v) is 5.10. The van der Waals surface area contributed by atoms with Crippen LogP contribution in [0.25, 0.3) is 0 Å². The lowest BCUT2D eigenvalue weighted by molar-refractivity contribution is 0.0441. The third kappa shape index (κ3) is 3.77. The molecule has 1 aromatic carbocycles. The van der Waals surface area contributed by atoms with E-state index < -0.39 is 11.8 Å². The highest BCUT2D eigenvalue weighted by Gasteiger charge is 2.20. The number of rotatable bonds is 6. The number of esters is 1. The quantitative estimate of drug-likeness (QED) is 0.504. The molecule has 0 bridgehead atoms. The molecule has 0 atom stereocenters. The van der Waals surface area contributed by atoms with Gasteiger partial charge in [0.2, 0.25) is 0 Å². The maximum Gasteiger partial charge on any atom is 0.355 e. The van der Waals surface area contributed by atoms with Crippen LogP contribution in [-0.4, -0.2) is 30.0 Å². The lowest BCUT2D eigenvalue weighted by Crippen LogP contribution is -2.14. The first-order valence-corrected chi connectivity index (χ1v) is 7.16. The number of halogens is 1. The molecular weight excluding hydrogens is 301 g/mol. The fraction of sp³-hybridized carbons (Fsp3) is 0.294. The zero-order chi connectivity index (χ0) is 17.0. The Kier molecular flexibility index (Phi) is 5.16. The summed E-state index contributed by atoms with van der Waals surface area (Å²) in [6.07, 6.45) is 0. The van der Waals surface area contributed by atoms with Gasteiger partial charge < -0.3 is 14.5 Å². The van der Waals surface area contributed by atoms with E-state index in [2.05, 4.69) is 4.98 Å². The van der Waals surface area contributed by atoms with Gasteiger partial charge in [0.1, 0.15) is 18.9 Å². The van der Waals surface area contributed by atoms with Gasteiger partial charge in [0.25, 0.3) is 0 Å². The maximum absolute atomic E-state index is 13.3. The Balaban J connectivity index is 1.92. The number of ether oxygens (including phenoxy) is 2. The molecule has 0 spiro atoms. The molecule has 0 saturated carbocycles. The molecular formula is C17H18FNO4. The first kappa shape index (κ1) is 16.7. The molecule has 0 amide bonds. The molecule has 2 rings (SSSR count). The lowest BCUT2D eigenvalue weighted by atomic mass is 10.1. The molecule has 1 aromatic heterocycles. The summed E-state index contributed by atoms with van der Waals surface area (Å²) < 4.78 is 23.6. The van der Waals surface area contributed by atoms with Crippen molar-refractivity contribution in [2.24, 2.45) is 0 Å². The molecule has 0 aliphatic carbocycles. The van der Waals surface area contributed by atoms with Gasteiger partial charge in [0, 0.05) is 11.3 Å². The summed E-state index contributed by atoms with van der Waals surface area (Å²) in [5.74, 6) is -1.05. The Morgan fingerprint density at radius 2 is 1.87 bits per heavy atom. The van der Waals surface area contributed by atoms with Gasteiger partial charge in [-0.15, -0.1) is 0 Å². The van der Waals surface area contributed by atoms with E-state index in [1.54, 1.807) is 26.0 Å². The number of Topliss-reactive ketones (excluding diaryl/α,β-unsaturated/α-hetero) is 1. The minimum Gasteiger partial charge on any atom is -0.487 e. The van der Waals surface area contributed by atoms with Gasteiger partial charge in [-0.25, -0.2) is 9.18 Å². The molecule has 23 heavy (non-hydrogen) atoms. The largest absolute Gasteiger partial charge is 0.487 e. The van der Waals surface area contributed by atoms with Crippen LogP contribution in [0.3, 0.4) is 0 Å². The first-order valence-electron chi connectivity index (χ1n) is 7.16. The molecule has 1 N–H and O–H groups in total. The number of aryl methyl sites for hydroxylation is 1. The van der Waals surface area contributed by atoms with E-state index >= 15 is 0 Å². The fourth-order valence-corrected chi connectivity index (χ4v) is 2.40. The number of carbonyl (C=O) groups is 2. The number of aromatic amines is 1. The van der Waals surface area contributed by atoms with Gasteiger partial charge in [-0.1, -0.05) is 12.1 Å². The molecule has 0 aliphatic heterocycles. The highest BCUT2D eigenvalue weighted by Crippen LogP contribution is 2.19. The van der Waals surface area contributed by atoms with E-state index in [-0.39, 0.29) is 30.4 Å². The van der Waals surface area contributed by atoms with Crippen LogP contribution < -0.4 is 4.74 Å². The molecule has 6 heteroatoms. The average molecular weight is 319 g/mol. The summed E-state index contributed by atoms with van der Waals surface area (Å²) in [5.41, 5.74) is 1.94. The van der Waals surface area contributed by atoms with Crippen molar-refractivity contribution in [3.63, 3.8) is 0 Å². The Hall–Kier alpha value is -2.63. The van der Waals surface area contributed by atoms with Crippen LogP contribution in [-0.2, 0) is 4.74 Å². The van der Waals surface area contributed by atoms with Crippen LogP contribution in [0.2, 0.25) is 0 Å². The summed E-state index contributed by atoms with van der Waals surface area (Å²) >= 11 is 0. The first-order chi connectivity index (χ1) is 10.9. The van der Waals surface area contributed by atoms with Crippen molar-refractivity contribution < 1.29 is 23.5 Å². The lowest BCUT2D eigenvalue weighted by Gasteiger charge is -2.08. The standard InChI is InChI=1S/C17H18FNO4/c1-10-15(12(3)20)11(2)19-16(10)17(21)23-9-8-22-14-7-5-4-6-13(14)18/h4-7,19H,8-9H2,1-3H3. The molecule has 1 heterocycles. The fourth-order valence-electron chi connectivity index (χ4n) is 2.40. The van der Waals surface area contributed by atoms with Crippen molar-refractivity contribution in [2.45, 2.75) is 20.8 Å². The van der Waals surface area contributed by atoms with Crippen LogP contribution in [0.1, 0.15) is 39.0 Å². The zero-order valence-corrected chi connectivity index (χ0v) is 13.2. The smallest absolute Gasteiger partial charge is 0.355 e. The highest BCUT2D eigenvalue weighted by molar-refractivity contribution is 6.01. The van der Waals surface area contributed by atoms with E-state index in [0.717, 1.165) is 0 Å². The summed E-state index contributed by atoms with van der Waals surface area (Å²) in [4.78, 5) is 26.4. The number of carbonyl (C=O) groups excluding carboxylic acids is 2.